The maximum atomic E-state index is 12.4. The summed E-state index contributed by atoms with van der Waals surface area (Å²) in [6, 6.07) is 7.61. The number of nitro benzene ring substituents is 1. The first-order chi connectivity index (χ1) is 12.4. The van der Waals surface area contributed by atoms with Gasteiger partial charge in [-0.05, 0) is 18.2 Å². The number of hydrogen-bond donors (Lipinski definition) is 1. The summed E-state index contributed by atoms with van der Waals surface area (Å²) in [6.07, 6.45) is 0. The minimum absolute atomic E-state index is 0.115. The number of piperazine rings is 1. The van der Waals surface area contributed by atoms with Gasteiger partial charge in [-0.2, -0.15) is 0 Å². The number of carbonyl (C=O) groups is 1. The van der Waals surface area contributed by atoms with Crippen LogP contribution in [0.5, 0.6) is 0 Å². The molecular formula is C16H16Cl2N4O3S. The lowest BCUT2D eigenvalue weighted by atomic mass is 10.2. The molecule has 0 aliphatic carbocycles. The molecule has 1 fully saturated rings. The summed E-state index contributed by atoms with van der Waals surface area (Å²) in [5.74, 6) is 0. The number of hydrogen-bond acceptors (Lipinski definition) is 5. The lowest BCUT2D eigenvalue weighted by molar-refractivity contribution is -0.384. The summed E-state index contributed by atoms with van der Waals surface area (Å²) in [5, 5.41) is 13.6. The maximum Gasteiger partial charge on any atom is 0.321 e. The van der Waals surface area contributed by atoms with Gasteiger partial charge in [-0.1, -0.05) is 23.2 Å². The fourth-order valence-corrected chi connectivity index (χ4v) is 4.03. The number of anilines is 1. The Balaban J connectivity index is 1.53. The number of halogens is 2. The molecule has 10 heteroatoms. The van der Waals surface area contributed by atoms with Crippen molar-refractivity contribution in [2.45, 2.75) is 6.54 Å². The third-order valence-electron chi connectivity index (χ3n) is 4.07. The van der Waals surface area contributed by atoms with Crippen molar-refractivity contribution in [1.29, 1.82) is 0 Å². The van der Waals surface area contributed by atoms with E-state index in [2.05, 4.69) is 10.2 Å². The molecule has 1 aromatic heterocycles. The molecule has 0 unspecified atom stereocenters. The van der Waals surface area contributed by atoms with Crippen LogP contribution in [0.15, 0.2) is 30.3 Å². The Morgan fingerprint density at radius 1 is 1.19 bits per heavy atom. The van der Waals surface area contributed by atoms with E-state index in [1.807, 2.05) is 12.1 Å². The Morgan fingerprint density at radius 2 is 1.92 bits per heavy atom. The highest BCUT2D eigenvalue weighted by atomic mass is 35.5. The molecule has 0 atom stereocenters. The number of nitrogens with one attached hydrogen (secondary N) is 1. The fourth-order valence-electron chi connectivity index (χ4n) is 2.68. The zero-order valence-electron chi connectivity index (χ0n) is 13.7. The molecule has 1 saturated heterocycles. The van der Waals surface area contributed by atoms with E-state index in [1.54, 1.807) is 16.2 Å². The molecule has 0 spiro atoms. The molecule has 0 radical (unpaired) electrons. The number of non-ortho nitro benzene ring substituents is 1. The Labute approximate surface area is 164 Å². The Kier molecular flexibility index (Phi) is 5.98. The monoisotopic (exact) mass is 414 g/mol. The Morgan fingerprint density at radius 3 is 2.50 bits per heavy atom. The number of urea groups is 1. The number of nitro groups is 1. The van der Waals surface area contributed by atoms with Crippen molar-refractivity contribution in [1.82, 2.24) is 9.80 Å². The first kappa shape index (κ1) is 18.9. The van der Waals surface area contributed by atoms with Crippen molar-refractivity contribution >= 4 is 51.9 Å². The number of amides is 2. The number of thiophene rings is 1. The molecule has 1 aromatic carbocycles. The summed E-state index contributed by atoms with van der Waals surface area (Å²) >= 11 is 13.5. The van der Waals surface area contributed by atoms with Crippen molar-refractivity contribution in [2.75, 3.05) is 31.5 Å². The third-order valence-corrected chi connectivity index (χ3v) is 5.60. The van der Waals surface area contributed by atoms with Crippen LogP contribution < -0.4 is 5.32 Å². The van der Waals surface area contributed by atoms with E-state index in [0.29, 0.717) is 18.8 Å². The van der Waals surface area contributed by atoms with E-state index in [1.165, 1.54) is 23.1 Å². The zero-order chi connectivity index (χ0) is 18.7. The van der Waals surface area contributed by atoms with Crippen LogP contribution in [0.4, 0.5) is 16.2 Å². The summed E-state index contributed by atoms with van der Waals surface area (Å²) in [4.78, 5) is 27.8. The number of benzene rings is 1. The lowest BCUT2D eigenvalue weighted by Crippen LogP contribution is -2.49. The maximum absolute atomic E-state index is 12.4. The van der Waals surface area contributed by atoms with E-state index >= 15 is 0 Å². The zero-order valence-corrected chi connectivity index (χ0v) is 16.0. The molecule has 1 N–H and O–H groups in total. The second-order valence-electron chi connectivity index (χ2n) is 5.82. The van der Waals surface area contributed by atoms with Crippen LogP contribution in [0.1, 0.15) is 4.88 Å². The summed E-state index contributed by atoms with van der Waals surface area (Å²) in [5.41, 5.74) is 0.244. The smallest absolute Gasteiger partial charge is 0.321 e. The molecule has 0 bridgehead atoms. The molecule has 3 rings (SSSR count). The number of rotatable bonds is 4. The second kappa shape index (κ2) is 8.22. The van der Waals surface area contributed by atoms with Crippen molar-refractivity contribution in [3.63, 3.8) is 0 Å². The van der Waals surface area contributed by atoms with E-state index in [-0.39, 0.29) is 16.7 Å². The van der Waals surface area contributed by atoms with Crippen LogP contribution in [0.25, 0.3) is 0 Å². The molecule has 2 heterocycles. The van der Waals surface area contributed by atoms with Gasteiger partial charge in [-0.15, -0.1) is 11.3 Å². The van der Waals surface area contributed by atoms with Gasteiger partial charge < -0.3 is 10.2 Å². The van der Waals surface area contributed by atoms with Gasteiger partial charge in [0.2, 0.25) is 0 Å². The Hall–Kier alpha value is -1.87. The minimum Gasteiger partial charge on any atom is -0.322 e. The van der Waals surface area contributed by atoms with Crippen LogP contribution in [-0.2, 0) is 6.54 Å². The SMILES string of the molecule is O=C(Nc1ccc([N+](=O)[O-])cc1Cl)N1CCN(Cc2ccc(Cl)s2)CC1. The van der Waals surface area contributed by atoms with Crippen LogP contribution in [0.2, 0.25) is 9.36 Å². The molecular weight excluding hydrogens is 399 g/mol. The highest BCUT2D eigenvalue weighted by Crippen LogP contribution is 2.27. The van der Waals surface area contributed by atoms with Crippen molar-refractivity contribution in [3.8, 4) is 0 Å². The highest BCUT2D eigenvalue weighted by Gasteiger charge is 2.22. The molecule has 7 nitrogen and oxygen atoms in total. The Bertz CT molecular complexity index is 822. The highest BCUT2D eigenvalue weighted by molar-refractivity contribution is 7.16. The fraction of sp³-hybridized carbons (Fsp3) is 0.312. The standard InChI is InChI=1S/C16H16Cl2N4O3S/c17-13-9-11(22(24)25)1-3-14(13)19-16(23)21-7-5-20(6-8-21)10-12-2-4-15(18)26-12/h1-4,9H,5-8,10H2,(H,19,23). The van der Waals surface area contributed by atoms with Gasteiger partial charge in [0.1, 0.15) is 0 Å². The quantitative estimate of drug-likeness (QED) is 0.596. The number of nitrogens with zero attached hydrogens (tertiary/aromatic N) is 3. The van der Waals surface area contributed by atoms with Crippen LogP contribution in [0.3, 0.4) is 0 Å². The lowest BCUT2D eigenvalue weighted by Gasteiger charge is -2.34. The van der Waals surface area contributed by atoms with E-state index in [0.717, 1.165) is 24.0 Å². The average molecular weight is 415 g/mol. The van der Waals surface area contributed by atoms with Gasteiger partial charge in [0.25, 0.3) is 5.69 Å². The minimum atomic E-state index is -0.530. The van der Waals surface area contributed by atoms with Gasteiger partial charge >= 0.3 is 6.03 Å². The molecule has 138 valence electrons. The first-order valence-corrected chi connectivity index (χ1v) is 9.46. The van der Waals surface area contributed by atoms with Gasteiger partial charge in [0.05, 0.1) is 20.0 Å². The van der Waals surface area contributed by atoms with Gasteiger partial charge in [-0.25, -0.2) is 4.79 Å². The average Bonchev–Trinajstić information content (AvgIpc) is 3.02. The van der Waals surface area contributed by atoms with Crippen LogP contribution >= 0.6 is 34.5 Å². The summed E-state index contributed by atoms with van der Waals surface area (Å²) in [6.45, 7) is 3.53. The predicted octanol–water partition coefficient (Wildman–Crippen LogP) is 4.31. The molecule has 2 aromatic rings. The van der Waals surface area contributed by atoms with E-state index in [4.69, 9.17) is 23.2 Å². The van der Waals surface area contributed by atoms with Crippen LogP contribution in [0, 0.1) is 10.1 Å². The molecule has 1 aliphatic heterocycles. The first-order valence-electron chi connectivity index (χ1n) is 7.89. The predicted molar refractivity (Wildman–Crippen MR) is 103 cm³/mol. The molecule has 2 amide bonds. The van der Waals surface area contributed by atoms with Crippen molar-refractivity contribution in [2.24, 2.45) is 0 Å². The third kappa shape index (κ3) is 4.64. The van der Waals surface area contributed by atoms with Crippen LogP contribution in [-0.4, -0.2) is 46.9 Å². The van der Waals surface area contributed by atoms with E-state index in [9.17, 15) is 14.9 Å². The normalized spacial score (nSPS) is 15.1. The van der Waals surface area contributed by atoms with Gasteiger partial charge in [0.15, 0.2) is 0 Å². The topological polar surface area (TPSA) is 78.7 Å². The largest absolute Gasteiger partial charge is 0.322 e. The van der Waals surface area contributed by atoms with Gasteiger partial charge in [-0.3, -0.25) is 15.0 Å². The molecule has 26 heavy (non-hydrogen) atoms. The number of carbonyl (C=O) groups excluding carboxylic acids is 1. The van der Waals surface area contributed by atoms with Crippen molar-refractivity contribution in [3.05, 3.63) is 54.7 Å². The van der Waals surface area contributed by atoms with E-state index < -0.39 is 4.92 Å². The molecule has 1 aliphatic rings. The second-order valence-corrected chi connectivity index (χ2v) is 8.03. The summed E-state index contributed by atoms with van der Waals surface area (Å²) in [7, 11) is 0. The van der Waals surface area contributed by atoms with Crippen molar-refractivity contribution < 1.29 is 9.72 Å². The van der Waals surface area contributed by atoms with Gasteiger partial charge in [0, 0.05) is 49.7 Å². The summed E-state index contributed by atoms with van der Waals surface area (Å²) < 4.78 is 0.776. The molecule has 0 saturated carbocycles.